The highest BCUT2D eigenvalue weighted by Crippen LogP contribution is 2.28. The van der Waals surface area contributed by atoms with Crippen LogP contribution in [0.2, 0.25) is 0 Å². The van der Waals surface area contributed by atoms with Crippen LogP contribution in [-0.4, -0.2) is 21.0 Å². The maximum Gasteiger partial charge on any atom is 0.159 e. The minimum Gasteiger partial charge on any atom is -0.284 e. The van der Waals surface area contributed by atoms with Gasteiger partial charge in [-0.25, -0.2) is 0 Å². The molecule has 0 aromatic carbocycles. The van der Waals surface area contributed by atoms with Gasteiger partial charge in [0.1, 0.15) is 10.8 Å². The SMILES string of the molecule is Cc1cc2c(s1)-n1c(C)nnc1CN=C2. The molecule has 0 atom stereocenters. The fourth-order valence-electron chi connectivity index (χ4n) is 1.79. The molecule has 5 heteroatoms. The number of aromatic nitrogens is 3. The van der Waals surface area contributed by atoms with E-state index in [1.807, 2.05) is 13.1 Å². The second kappa shape index (κ2) is 3.00. The van der Waals surface area contributed by atoms with Crippen LogP contribution in [0.1, 0.15) is 22.1 Å². The van der Waals surface area contributed by atoms with Crippen LogP contribution < -0.4 is 0 Å². The third-order valence-electron chi connectivity index (χ3n) is 2.42. The largest absolute Gasteiger partial charge is 0.284 e. The van der Waals surface area contributed by atoms with Gasteiger partial charge in [-0.05, 0) is 19.9 Å². The summed E-state index contributed by atoms with van der Waals surface area (Å²) in [5.41, 5.74) is 1.17. The first-order valence-electron chi connectivity index (χ1n) is 4.77. The quantitative estimate of drug-likeness (QED) is 0.677. The average molecular weight is 218 g/mol. The van der Waals surface area contributed by atoms with Crippen LogP contribution >= 0.6 is 11.3 Å². The topological polar surface area (TPSA) is 43.1 Å². The summed E-state index contributed by atoms with van der Waals surface area (Å²) in [6.07, 6.45) is 1.92. The highest BCUT2D eigenvalue weighted by atomic mass is 32.1. The van der Waals surface area contributed by atoms with Gasteiger partial charge in [-0.3, -0.25) is 9.56 Å². The van der Waals surface area contributed by atoms with E-state index < -0.39 is 0 Å². The summed E-state index contributed by atoms with van der Waals surface area (Å²) in [6.45, 7) is 4.69. The molecule has 0 aliphatic carbocycles. The molecule has 0 radical (unpaired) electrons. The van der Waals surface area contributed by atoms with Gasteiger partial charge >= 0.3 is 0 Å². The molecule has 0 saturated carbocycles. The van der Waals surface area contributed by atoms with E-state index in [9.17, 15) is 0 Å². The predicted molar refractivity (Wildman–Crippen MR) is 60.0 cm³/mol. The zero-order valence-electron chi connectivity index (χ0n) is 8.56. The summed E-state index contributed by atoms with van der Waals surface area (Å²) < 4.78 is 2.10. The molecule has 15 heavy (non-hydrogen) atoms. The molecule has 3 rings (SSSR count). The maximum absolute atomic E-state index is 4.34. The highest BCUT2D eigenvalue weighted by molar-refractivity contribution is 7.14. The van der Waals surface area contributed by atoms with E-state index in [1.54, 1.807) is 11.3 Å². The molecule has 0 N–H and O–H groups in total. The first-order chi connectivity index (χ1) is 7.25. The van der Waals surface area contributed by atoms with E-state index in [4.69, 9.17) is 0 Å². The van der Waals surface area contributed by atoms with Crippen molar-refractivity contribution in [2.24, 2.45) is 4.99 Å². The molecule has 3 heterocycles. The number of nitrogens with zero attached hydrogens (tertiary/aromatic N) is 4. The van der Waals surface area contributed by atoms with Crippen molar-refractivity contribution in [2.45, 2.75) is 20.4 Å². The van der Waals surface area contributed by atoms with Crippen molar-refractivity contribution in [2.75, 3.05) is 0 Å². The Labute approximate surface area is 91.3 Å². The Balaban J connectivity index is 2.35. The van der Waals surface area contributed by atoms with Gasteiger partial charge in [0.15, 0.2) is 5.82 Å². The van der Waals surface area contributed by atoms with Gasteiger partial charge in [-0.2, -0.15) is 0 Å². The van der Waals surface area contributed by atoms with Gasteiger partial charge in [0.2, 0.25) is 0 Å². The lowest BCUT2D eigenvalue weighted by Gasteiger charge is -2.02. The molecular formula is C10H10N4S. The number of fused-ring (bicyclic) bond motifs is 3. The van der Waals surface area contributed by atoms with Crippen LogP contribution in [0.3, 0.4) is 0 Å². The molecule has 2 aromatic heterocycles. The predicted octanol–water partition coefficient (Wildman–Crippen LogP) is 1.88. The molecule has 0 amide bonds. The molecule has 76 valence electrons. The summed E-state index contributed by atoms with van der Waals surface area (Å²) in [4.78, 5) is 5.62. The van der Waals surface area contributed by atoms with Crippen molar-refractivity contribution in [1.82, 2.24) is 14.8 Å². The van der Waals surface area contributed by atoms with Crippen molar-refractivity contribution >= 4 is 17.6 Å². The molecular weight excluding hydrogens is 208 g/mol. The molecule has 2 aromatic rings. The Bertz CT molecular complexity index is 550. The maximum atomic E-state index is 4.34. The summed E-state index contributed by atoms with van der Waals surface area (Å²) in [5.74, 6) is 1.85. The number of hydrogen-bond donors (Lipinski definition) is 0. The molecule has 1 aliphatic rings. The normalized spacial score (nSPS) is 13.5. The molecule has 0 spiro atoms. The number of aryl methyl sites for hydroxylation is 2. The van der Waals surface area contributed by atoms with Gasteiger partial charge in [0, 0.05) is 16.7 Å². The standard InChI is InChI=1S/C10H10N4S/c1-6-3-8-4-11-5-9-13-12-7(2)14(9)10(8)15-6/h3-4H,5H2,1-2H3. The Morgan fingerprint density at radius 1 is 1.33 bits per heavy atom. The monoisotopic (exact) mass is 218 g/mol. The molecule has 4 nitrogen and oxygen atoms in total. The summed E-state index contributed by atoms with van der Waals surface area (Å²) >= 11 is 1.76. The van der Waals surface area contributed by atoms with E-state index >= 15 is 0 Å². The van der Waals surface area contributed by atoms with Crippen LogP contribution in [0, 0.1) is 13.8 Å². The van der Waals surface area contributed by atoms with E-state index in [-0.39, 0.29) is 0 Å². The number of aliphatic imine (C=N–C) groups is 1. The van der Waals surface area contributed by atoms with Crippen LogP contribution in [-0.2, 0) is 6.54 Å². The van der Waals surface area contributed by atoms with Crippen LogP contribution in [0.15, 0.2) is 11.1 Å². The first kappa shape index (κ1) is 8.79. The molecule has 0 bridgehead atoms. The van der Waals surface area contributed by atoms with Gasteiger partial charge in [0.25, 0.3) is 0 Å². The Morgan fingerprint density at radius 3 is 3.07 bits per heavy atom. The highest BCUT2D eigenvalue weighted by Gasteiger charge is 2.17. The summed E-state index contributed by atoms with van der Waals surface area (Å²) in [6, 6.07) is 2.15. The lowest BCUT2D eigenvalue weighted by atomic mass is 10.3. The molecule has 0 fully saturated rings. The lowest BCUT2D eigenvalue weighted by Crippen LogP contribution is -2.00. The van der Waals surface area contributed by atoms with Crippen LogP contribution in [0.25, 0.3) is 5.00 Å². The number of thiophene rings is 1. The summed E-state index contributed by atoms with van der Waals surface area (Å²) in [5, 5.41) is 9.41. The fourth-order valence-corrected chi connectivity index (χ4v) is 2.84. The minimum absolute atomic E-state index is 0.612. The third-order valence-corrected chi connectivity index (χ3v) is 3.47. The second-order valence-corrected chi connectivity index (χ2v) is 4.82. The van der Waals surface area contributed by atoms with E-state index in [0.29, 0.717) is 6.54 Å². The molecule has 1 aliphatic heterocycles. The van der Waals surface area contributed by atoms with Crippen molar-refractivity contribution in [3.05, 3.63) is 28.2 Å². The average Bonchev–Trinajstić information content (AvgIpc) is 2.67. The lowest BCUT2D eigenvalue weighted by molar-refractivity contribution is 0.871. The van der Waals surface area contributed by atoms with E-state index in [1.165, 1.54) is 15.4 Å². The van der Waals surface area contributed by atoms with Crippen molar-refractivity contribution < 1.29 is 0 Å². The van der Waals surface area contributed by atoms with Gasteiger partial charge in [-0.1, -0.05) is 0 Å². The van der Waals surface area contributed by atoms with Crippen LogP contribution in [0.5, 0.6) is 0 Å². The Hall–Kier alpha value is -1.49. The third kappa shape index (κ3) is 1.23. The summed E-state index contributed by atoms with van der Waals surface area (Å²) in [7, 11) is 0. The zero-order valence-corrected chi connectivity index (χ0v) is 9.38. The smallest absolute Gasteiger partial charge is 0.159 e. The first-order valence-corrected chi connectivity index (χ1v) is 5.59. The minimum atomic E-state index is 0.612. The van der Waals surface area contributed by atoms with Gasteiger partial charge in [-0.15, -0.1) is 21.5 Å². The molecule has 0 unspecified atom stereocenters. The van der Waals surface area contributed by atoms with Crippen molar-refractivity contribution in [1.29, 1.82) is 0 Å². The van der Waals surface area contributed by atoms with Gasteiger partial charge in [0.05, 0.1) is 6.54 Å². The van der Waals surface area contributed by atoms with Gasteiger partial charge < -0.3 is 0 Å². The second-order valence-electron chi connectivity index (χ2n) is 3.59. The number of hydrogen-bond acceptors (Lipinski definition) is 4. The Morgan fingerprint density at radius 2 is 2.20 bits per heavy atom. The fraction of sp³-hybridized carbons (Fsp3) is 0.300. The number of rotatable bonds is 0. The Kier molecular flexibility index (Phi) is 1.76. The van der Waals surface area contributed by atoms with E-state index in [2.05, 4.69) is 32.7 Å². The zero-order chi connectivity index (χ0) is 10.4. The van der Waals surface area contributed by atoms with Crippen molar-refractivity contribution in [3.8, 4) is 5.00 Å². The van der Waals surface area contributed by atoms with E-state index in [0.717, 1.165) is 11.6 Å². The van der Waals surface area contributed by atoms with Crippen LogP contribution in [0.4, 0.5) is 0 Å². The van der Waals surface area contributed by atoms with Crippen molar-refractivity contribution in [3.63, 3.8) is 0 Å². The molecule has 0 saturated heterocycles.